The SMILES string of the molecule is CSCC[C@H](NC(C)=O)C(=O)NCc1nnc2cc(-c3nc(C)no3)ccn12. The second kappa shape index (κ2) is 8.83. The second-order valence-electron chi connectivity index (χ2n) is 6.16. The first-order valence-electron chi connectivity index (χ1n) is 8.66. The maximum absolute atomic E-state index is 12.4. The van der Waals surface area contributed by atoms with Crippen LogP contribution in [0.2, 0.25) is 0 Å². The van der Waals surface area contributed by atoms with Crippen LogP contribution < -0.4 is 10.6 Å². The van der Waals surface area contributed by atoms with E-state index in [1.807, 2.05) is 12.3 Å². The molecular weight excluding hydrogens is 382 g/mol. The van der Waals surface area contributed by atoms with Gasteiger partial charge in [-0.3, -0.25) is 14.0 Å². The Balaban J connectivity index is 1.70. The molecule has 3 rings (SSSR count). The van der Waals surface area contributed by atoms with Gasteiger partial charge in [-0.25, -0.2) is 0 Å². The lowest BCUT2D eigenvalue weighted by Crippen LogP contribution is -2.46. The number of carbonyl (C=O) groups is 2. The van der Waals surface area contributed by atoms with Gasteiger partial charge in [0, 0.05) is 18.7 Å². The molecule has 1 atom stereocenters. The molecule has 3 aromatic rings. The topological polar surface area (TPSA) is 127 Å². The number of nitrogens with one attached hydrogen (secondary N) is 2. The van der Waals surface area contributed by atoms with Crippen molar-refractivity contribution < 1.29 is 14.1 Å². The molecule has 3 aromatic heterocycles. The molecule has 0 saturated carbocycles. The minimum Gasteiger partial charge on any atom is -0.347 e. The molecule has 0 unspecified atom stereocenters. The third-order valence-corrected chi connectivity index (χ3v) is 4.62. The summed E-state index contributed by atoms with van der Waals surface area (Å²) >= 11 is 1.62. The van der Waals surface area contributed by atoms with Crippen LogP contribution in [0.25, 0.3) is 17.1 Å². The zero-order chi connectivity index (χ0) is 20.1. The van der Waals surface area contributed by atoms with E-state index in [2.05, 4.69) is 31.0 Å². The maximum atomic E-state index is 12.4. The van der Waals surface area contributed by atoms with Gasteiger partial charge in [0.15, 0.2) is 17.3 Å². The van der Waals surface area contributed by atoms with Crippen molar-refractivity contribution in [2.75, 3.05) is 12.0 Å². The Bertz CT molecular complexity index is 984. The fourth-order valence-corrected chi connectivity index (χ4v) is 3.12. The summed E-state index contributed by atoms with van der Waals surface area (Å²) in [5.74, 6) is 1.81. The predicted octanol–water partition coefficient (Wildman–Crippen LogP) is 0.962. The van der Waals surface area contributed by atoms with Crippen LogP contribution >= 0.6 is 11.8 Å². The highest BCUT2D eigenvalue weighted by atomic mass is 32.2. The van der Waals surface area contributed by atoms with Crippen molar-refractivity contribution in [1.29, 1.82) is 0 Å². The Hall–Kier alpha value is -2.95. The first-order chi connectivity index (χ1) is 13.5. The van der Waals surface area contributed by atoms with Gasteiger partial charge in [0.05, 0.1) is 6.54 Å². The van der Waals surface area contributed by atoms with E-state index in [0.717, 1.165) is 11.3 Å². The first kappa shape index (κ1) is 19.8. The summed E-state index contributed by atoms with van der Waals surface area (Å²) in [7, 11) is 0. The van der Waals surface area contributed by atoms with Gasteiger partial charge in [0.25, 0.3) is 5.89 Å². The number of thioether (sulfide) groups is 1. The maximum Gasteiger partial charge on any atom is 0.258 e. The molecule has 10 nitrogen and oxygen atoms in total. The number of hydrogen-bond acceptors (Lipinski definition) is 8. The predicted molar refractivity (Wildman–Crippen MR) is 103 cm³/mol. The van der Waals surface area contributed by atoms with Gasteiger partial charge in [-0.05, 0) is 37.5 Å². The molecule has 0 fully saturated rings. The van der Waals surface area contributed by atoms with Crippen LogP contribution in [0.3, 0.4) is 0 Å². The van der Waals surface area contributed by atoms with Crippen LogP contribution in [-0.2, 0) is 16.1 Å². The summed E-state index contributed by atoms with van der Waals surface area (Å²) in [5.41, 5.74) is 1.33. The largest absolute Gasteiger partial charge is 0.347 e. The van der Waals surface area contributed by atoms with Crippen molar-refractivity contribution in [1.82, 2.24) is 35.4 Å². The molecule has 0 aromatic carbocycles. The van der Waals surface area contributed by atoms with Gasteiger partial charge in [-0.15, -0.1) is 10.2 Å². The summed E-state index contributed by atoms with van der Waals surface area (Å²) in [4.78, 5) is 28.0. The van der Waals surface area contributed by atoms with Crippen LogP contribution in [0.4, 0.5) is 0 Å². The lowest BCUT2D eigenvalue weighted by molar-refractivity contribution is -0.128. The molecule has 28 heavy (non-hydrogen) atoms. The number of fused-ring (bicyclic) bond motifs is 1. The Morgan fingerprint density at radius 2 is 2.18 bits per heavy atom. The fraction of sp³-hybridized carbons (Fsp3) is 0.412. The van der Waals surface area contributed by atoms with Crippen LogP contribution in [0.5, 0.6) is 0 Å². The molecule has 2 amide bonds. The van der Waals surface area contributed by atoms with Crippen LogP contribution in [0, 0.1) is 6.92 Å². The van der Waals surface area contributed by atoms with Gasteiger partial charge in [-0.1, -0.05) is 5.16 Å². The Labute approximate surface area is 165 Å². The highest BCUT2D eigenvalue weighted by Gasteiger charge is 2.19. The lowest BCUT2D eigenvalue weighted by Gasteiger charge is -2.16. The summed E-state index contributed by atoms with van der Waals surface area (Å²) < 4.78 is 6.93. The van der Waals surface area contributed by atoms with E-state index in [0.29, 0.717) is 29.6 Å². The van der Waals surface area contributed by atoms with Crippen molar-refractivity contribution >= 4 is 29.2 Å². The van der Waals surface area contributed by atoms with Gasteiger partial charge in [0.2, 0.25) is 11.8 Å². The lowest BCUT2D eigenvalue weighted by atomic mass is 10.2. The van der Waals surface area contributed by atoms with E-state index in [1.165, 1.54) is 6.92 Å². The van der Waals surface area contributed by atoms with Crippen LogP contribution in [-0.4, -0.2) is 54.6 Å². The minimum absolute atomic E-state index is 0.189. The number of hydrogen-bond donors (Lipinski definition) is 2. The molecule has 11 heteroatoms. The van der Waals surface area contributed by atoms with E-state index in [4.69, 9.17) is 4.52 Å². The van der Waals surface area contributed by atoms with E-state index in [-0.39, 0.29) is 18.4 Å². The quantitative estimate of drug-likeness (QED) is 0.569. The van der Waals surface area contributed by atoms with Crippen LogP contribution in [0.15, 0.2) is 22.9 Å². The minimum atomic E-state index is -0.573. The van der Waals surface area contributed by atoms with E-state index in [9.17, 15) is 9.59 Å². The molecule has 0 aliphatic rings. The Kier molecular flexibility index (Phi) is 6.24. The van der Waals surface area contributed by atoms with Gasteiger partial charge in [0.1, 0.15) is 6.04 Å². The van der Waals surface area contributed by atoms with Crippen molar-refractivity contribution in [2.45, 2.75) is 32.9 Å². The Morgan fingerprint density at radius 3 is 2.86 bits per heavy atom. The van der Waals surface area contributed by atoms with Gasteiger partial charge < -0.3 is 15.2 Å². The number of carbonyl (C=O) groups excluding carboxylic acids is 2. The summed E-state index contributed by atoms with van der Waals surface area (Å²) in [6, 6.07) is 3.02. The van der Waals surface area contributed by atoms with Crippen molar-refractivity contribution in [2.24, 2.45) is 0 Å². The number of aryl methyl sites for hydroxylation is 1. The van der Waals surface area contributed by atoms with Crippen molar-refractivity contribution in [3.05, 3.63) is 30.0 Å². The van der Waals surface area contributed by atoms with Crippen LogP contribution in [0.1, 0.15) is 25.0 Å². The summed E-state index contributed by atoms with van der Waals surface area (Å²) in [6.45, 7) is 3.33. The zero-order valence-corrected chi connectivity index (χ0v) is 16.6. The van der Waals surface area contributed by atoms with E-state index >= 15 is 0 Å². The molecule has 0 aliphatic carbocycles. The monoisotopic (exact) mass is 403 g/mol. The Morgan fingerprint density at radius 1 is 1.36 bits per heavy atom. The molecule has 0 saturated heterocycles. The fourth-order valence-electron chi connectivity index (χ4n) is 2.65. The molecule has 2 N–H and O–H groups in total. The molecular formula is C17H21N7O3S. The third kappa shape index (κ3) is 4.66. The molecule has 148 valence electrons. The van der Waals surface area contributed by atoms with Gasteiger partial charge >= 0.3 is 0 Å². The summed E-state index contributed by atoms with van der Waals surface area (Å²) in [5, 5.41) is 17.5. The number of nitrogens with zero attached hydrogens (tertiary/aromatic N) is 5. The second-order valence-corrected chi connectivity index (χ2v) is 7.14. The zero-order valence-electron chi connectivity index (χ0n) is 15.8. The molecule has 0 aliphatic heterocycles. The average molecular weight is 403 g/mol. The standard InChI is InChI=1S/C17H21N7O3S/c1-10-19-17(27-23-10)12-4-6-24-14(8-12)21-22-15(24)9-18-16(26)13(5-7-28-3)20-11(2)25/h4,6,8,13H,5,7,9H2,1-3H3,(H,18,26)(H,20,25)/t13-/m0/s1. The normalized spacial score (nSPS) is 12.1. The number of rotatable bonds is 8. The summed E-state index contributed by atoms with van der Waals surface area (Å²) in [6.07, 6.45) is 4.29. The first-order valence-corrected chi connectivity index (χ1v) is 10.1. The highest BCUT2D eigenvalue weighted by Crippen LogP contribution is 2.18. The molecule has 0 bridgehead atoms. The van der Waals surface area contributed by atoms with Crippen molar-refractivity contribution in [3.8, 4) is 11.5 Å². The van der Waals surface area contributed by atoms with E-state index in [1.54, 1.807) is 35.3 Å². The van der Waals surface area contributed by atoms with E-state index < -0.39 is 6.04 Å². The molecule has 3 heterocycles. The molecule has 0 spiro atoms. The number of amides is 2. The smallest absolute Gasteiger partial charge is 0.258 e. The third-order valence-electron chi connectivity index (χ3n) is 3.98. The average Bonchev–Trinajstić information content (AvgIpc) is 3.28. The molecule has 0 radical (unpaired) electrons. The van der Waals surface area contributed by atoms with Crippen molar-refractivity contribution in [3.63, 3.8) is 0 Å². The number of pyridine rings is 1. The van der Waals surface area contributed by atoms with Gasteiger partial charge in [-0.2, -0.15) is 16.7 Å². The number of aromatic nitrogens is 5. The highest BCUT2D eigenvalue weighted by molar-refractivity contribution is 7.98.